The lowest BCUT2D eigenvalue weighted by Gasteiger charge is -2.30. The Hall–Kier alpha value is -2.67. The average Bonchev–Trinajstić information content (AvgIpc) is 3.47. The van der Waals surface area contributed by atoms with Gasteiger partial charge in [0.05, 0.1) is 5.69 Å². The number of carbonyl (C=O) groups is 1. The number of H-pyrrole nitrogens is 1. The van der Waals surface area contributed by atoms with Crippen molar-refractivity contribution in [2.75, 3.05) is 5.32 Å². The molecule has 0 radical (unpaired) electrons. The molecule has 29 heavy (non-hydrogen) atoms. The first-order valence-corrected chi connectivity index (χ1v) is 10.6. The molecule has 3 aromatic rings. The third-order valence-corrected chi connectivity index (χ3v) is 5.92. The van der Waals surface area contributed by atoms with Crippen molar-refractivity contribution in [3.8, 4) is 11.3 Å². The third-order valence-electron chi connectivity index (χ3n) is 5.72. The minimum absolute atomic E-state index is 0.212. The van der Waals surface area contributed by atoms with Crippen molar-refractivity contribution in [1.29, 1.82) is 0 Å². The molecule has 2 fully saturated rings. The summed E-state index contributed by atoms with van der Waals surface area (Å²) in [6.45, 7) is 0. The van der Waals surface area contributed by atoms with Gasteiger partial charge in [0.2, 0.25) is 11.9 Å². The molecule has 0 aromatic carbocycles. The molecule has 3 N–H and O–H groups in total. The zero-order valence-electron chi connectivity index (χ0n) is 16.0. The van der Waals surface area contributed by atoms with Crippen molar-refractivity contribution in [1.82, 2.24) is 25.3 Å². The van der Waals surface area contributed by atoms with Gasteiger partial charge in [-0.2, -0.15) is 0 Å². The molecule has 2 atom stereocenters. The molecule has 2 unspecified atom stereocenters. The number of nitrogens with zero attached hydrogens (tertiary/aromatic N) is 3. The van der Waals surface area contributed by atoms with Gasteiger partial charge >= 0.3 is 0 Å². The van der Waals surface area contributed by atoms with Gasteiger partial charge in [0.25, 0.3) is 0 Å². The van der Waals surface area contributed by atoms with Gasteiger partial charge in [0.1, 0.15) is 10.8 Å². The summed E-state index contributed by atoms with van der Waals surface area (Å²) < 4.78 is 0. The van der Waals surface area contributed by atoms with Crippen LogP contribution >= 0.6 is 11.6 Å². The van der Waals surface area contributed by atoms with Crippen LogP contribution in [-0.4, -0.2) is 37.9 Å². The van der Waals surface area contributed by atoms with Crippen molar-refractivity contribution in [2.24, 2.45) is 5.92 Å². The summed E-state index contributed by atoms with van der Waals surface area (Å²) in [5, 5.41) is 8.03. The molecule has 2 aliphatic carbocycles. The molecule has 150 valence electrons. The van der Waals surface area contributed by atoms with Crippen LogP contribution in [-0.2, 0) is 4.79 Å². The number of hydrogen-bond donors (Lipinski definition) is 3. The lowest BCUT2D eigenvalue weighted by atomic mass is 9.91. The lowest BCUT2D eigenvalue weighted by Crippen LogP contribution is -2.42. The molecule has 2 saturated carbocycles. The molecule has 3 aromatic heterocycles. The predicted octanol–water partition coefficient (Wildman–Crippen LogP) is 3.92. The van der Waals surface area contributed by atoms with Crippen LogP contribution in [0.3, 0.4) is 0 Å². The number of aromatic amines is 1. The number of amides is 1. The molecule has 8 heteroatoms. The molecular weight excluding hydrogens is 388 g/mol. The number of halogens is 1. The number of carbonyl (C=O) groups excluding carboxylic acids is 1. The monoisotopic (exact) mass is 410 g/mol. The lowest BCUT2D eigenvalue weighted by molar-refractivity contribution is -0.123. The second-order valence-electron chi connectivity index (χ2n) is 7.99. The fraction of sp³-hybridized carbons (Fsp3) is 0.429. The second-order valence-corrected chi connectivity index (χ2v) is 8.38. The van der Waals surface area contributed by atoms with Crippen molar-refractivity contribution in [2.45, 2.75) is 50.6 Å². The fourth-order valence-corrected chi connectivity index (χ4v) is 4.27. The Morgan fingerprint density at radius 1 is 1.17 bits per heavy atom. The molecule has 0 spiro atoms. The zero-order chi connectivity index (χ0) is 19.8. The Kier molecular flexibility index (Phi) is 4.83. The minimum Gasteiger partial charge on any atom is -0.353 e. The van der Waals surface area contributed by atoms with Gasteiger partial charge in [-0.25, -0.2) is 15.0 Å². The van der Waals surface area contributed by atoms with Gasteiger partial charge in [-0.1, -0.05) is 11.6 Å². The highest BCUT2D eigenvalue weighted by atomic mass is 35.5. The van der Waals surface area contributed by atoms with E-state index in [1.807, 2.05) is 18.3 Å². The molecule has 2 aliphatic rings. The highest BCUT2D eigenvalue weighted by Gasteiger charge is 2.32. The normalized spacial score (nSPS) is 21.8. The highest BCUT2D eigenvalue weighted by Crippen LogP contribution is 2.31. The Morgan fingerprint density at radius 3 is 2.90 bits per heavy atom. The van der Waals surface area contributed by atoms with E-state index in [-0.39, 0.29) is 23.9 Å². The van der Waals surface area contributed by atoms with E-state index in [0.717, 1.165) is 60.8 Å². The predicted molar refractivity (Wildman–Crippen MR) is 113 cm³/mol. The Morgan fingerprint density at radius 2 is 2.03 bits per heavy atom. The van der Waals surface area contributed by atoms with Gasteiger partial charge in [-0.3, -0.25) is 4.79 Å². The number of rotatable bonds is 5. The first-order valence-electron chi connectivity index (χ1n) is 10.2. The van der Waals surface area contributed by atoms with Gasteiger partial charge in [-0.15, -0.1) is 0 Å². The number of aromatic nitrogens is 4. The largest absolute Gasteiger partial charge is 0.353 e. The number of hydrogen-bond acceptors (Lipinski definition) is 5. The van der Waals surface area contributed by atoms with Crippen LogP contribution in [0.5, 0.6) is 0 Å². The van der Waals surface area contributed by atoms with E-state index in [4.69, 9.17) is 16.6 Å². The molecule has 0 bridgehead atoms. The van der Waals surface area contributed by atoms with E-state index in [0.29, 0.717) is 11.1 Å². The average molecular weight is 411 g/mol. The number of nitrogens with one attached hydrogen (secondary N) is 3. The summed E-state index contributed by atoms with van der Waals surface area (Å²) >= 11 is 6.30. The van der Waals surface area contributed by atoms with Crippen LogP contribution in [0.1, 0.15) is 38.5 Å². The number of fused-ring (bicyclic) bond motifs is 1. The zero-order valence-corrected chi connectivity index (χ0v) is 16.7. The van der Waals surface area contributed by atoms with E-state index >= 15 is 0 Å². The van der Waals surface area contributed by atoms with E-state index in [1.165, 1.54) is 0 Å². The van der Waals surface area contributed by atoms with Crippen molar-refractivity contribution in [3.63, 3.8) is 0 Å². The summed E-state index contributed by atoms with van der Waals surface area (Å²) in [6, 6.07) is 6.10. The quantitative estimate of drug-likeness (QED) is 0.554. The third kappa shape index (κ3) is 4.05. The van der Waals surface area contributed by atoms with E-state index in [2.05, 4.69) is 25.6 Å². The van der Waals surface area contributed by atoms with Gasteiger partial charge < -0.3 is 15.6 Å². The summed E-state index contributed by atoms with van der Waals surface area (Å²) in [5.41, 5.74) is 2.51. The topological polar surface area (TPSA) is 95.6 Å². The van der Waals surface area contributed by atoms with E-state index in [9.17, 15) is 4.79 Å². The van der Waals surface area contributed by atoms with Crippen LogP contribution in [0, 0.1) is 5.92 Å². The first kappa shape index (κ1) is 18.4. The van der Waals surface area contributed by atoms with Gasteiger partial charge in [-0.05, 0) is 50.7 Å². The Balaban J connectivity index is 1.33. The van der Waals surface area contributed by atoms with Crippen LogP contribution in [0.15, 0.2) is 30.6 Å². The highest BCUT2D eigenvalue weighted by molar-refractivity contribution is 6.29. The smallest absolute Gasteiger partial charge is 0.224 e. The molecule has 3 heterocycles. The molecule has 1 amide bonds. The summed E-state index contributed by atoms with van der Waals surface area (Å²) in [6.07, 6.45) is 9.70. The maximum absolute atomic E-state index is 12.1. The van der Waals surface area contributed by atoms with E-state index in [1.54, 1.807) is 12.3 Å². The standard InChI is InChI=1S/C21H23ClN6O/c22-18-10-17(16-11-24-19-15(16)5-2-8-23-19)27-21(28-18)26-14-4-1-3-13(9-14)25-20(29)12-6-7-12/h2,5,8,10-14H,1,3-4,6-7,9H2,(H,23,24)(H,25,29)(H,26,27,28). The van der Waals surface area contributed by atoms with Crippen molar-refractivity contribution >= 4 is 34.5 Å². The van der Waals surface area contributed by atoms with Crippen molar-refractivity contribution in [3.05, 3.63) is 35.7 Å². The van der Waals surface area contributed by atoms with Crippen LogP contribution in [0.2, 0.25) is 5.15 Å². The Labute approximate surface area is 173 Å². The first-order chi connectivity index (χ1) is 14.2. The van der Waals surface area contributed by atoms with Crippen LogP contribution in [0.25, 0.3) is 22.3 Å². The minimum atomic E-state index is 0.212. The van der Waals surface area contributed by atoms with Gasteiger partial charge in [0, 0.05) is 47.4 Å². The number of pyridine rings is 1. The summed E-state index contributed by atoms with van der Waals surface area (Å²) in [5.74, 6) is 0.975. The molecular formula is C21H23ClN6O. The molecule has 7 nitrogen and oxygen atoms in total. The van der Waals surface area contributed by atoms with Crippen LogP contribution in [0.4, 0.5) is 5.95 Å². The second kappa shape index (κ2) is 7.63. The maximum atomic E-state index is 12.1. The van der Waals surface area contributed by atoms with Gasteiger partial charge in [0.15, 0.2) is 0 Å². The van der Waals surface area contributed by atoms with Crippen LogP contribution < -0.4 is 10.6 Å². The molecule has 0 aliphatic heterocycles. The maximum Gasteiger partial charge on any atom is 0.224 e. The molecule has 0 saturated heterocycles. The Bertz CT molecular complexity index is 1050. The van der Waals surface area contributed by atoms with E-state index < -0.39 is 0 Å². The fourth-order valence-electron chi connectivity index (χ4n) is 4.09. The number of anilines is 1. The summed E-state index contributed by atoms with van der Waals surface area (Å²) in [4.78, 5) is 28.7. The molecule has 5 rings (SSSR count). The SMILES string of the molecule is O=C(NC1CCCC(Nc2nc(Cl)cc(-c3c[nH]c4ncccc34)n2)C1)C1CC1. The summed E-state index contributed by atoms with van der Waals surface area (Å²) in [7, 11) is 0. The van der Waals surface area contributed by atoms with Crippen molar-refractivity contribution < 1.29 is 4.79 Å².